The van der Waals surface area contributed by atoms with Crippen LogP contribution < -0.4 is 0 Å². The van der Waals surface area contributed by atoms with Crippen molar-refractivity contribution in [3.63, 3.8) is 0 Å². The summed E-state index contributed by atoms with van der Waals surface area (Å²) < 4.78 is 84.4. The van der Waals surface area contributed by atoms with Crippen LogP contribution in [0.15, 0.2) is 54.6 Å². The van der Waals surface area contributed by atoms with Crippen molar-refractivity contribution in [2.75, 3.05) is 61.0 Å². The Bertz CT molecular complexity index is 2320. The van der Waals surface area contributed by atoms with Gasteiger partial charge in [-0.2, -0.15) is 0 Å². The fraction of sp³-hybridized carbons (Fsp3) is 0.438. The van der Waals surface area contributed by atoms with E-state index < -0.39 is 127 Å². The molecule has 0 N–H and O–H groups in total. The molecule has 0 radical (unpaired) electrons. The van der Waals surface area contributed by atoms with Crippen LogP contribution in [-0.4, -0.2) is 188 Å². The van der Waals surface area contributed by atoms with Crippen LogP contribution in [0.25, 0.3) is 0 Å². The number of esters is 9. The Hall–Kier alpha value is -7.35. The number of rotatable bonds is 3. The molecular formula is C48H42O24. The van der Waals surface area contributed by atoms with Gasteiger partial charge >= 0.3 is 53.7 Å². The van der Waals surface area contributed by atoms with E-state index in [4.69, 9.17) is 71.1 Å². The van der Waals surface area contributed by atoms with Gasteiger partial charge in [0.1, 0.15) is 36.6 Å². The maximum Gasteiger partial charge on any atom is 0.338 e. The number of hydrogen-bond acceptors (Lipinski definition) is 24. The summed E-state index contributed by atoms with van der Waals surface area (Å²) in [6, 6.07) is 10.3. The van der Waals surface area contributed by atoms with Crippen LogP contribution in [0.2, 0.25) is 0 Å². The second kappa shape index (κ2) is 19.7. The average Bonchev–Trinajstić information content (AvgIpc) is 4.27. The van der Waals surface area contributed by atoms with Crippen LogP contribution in [0, 0.1) is 0 Å². The molecule has 7 aliphatic rings. The minimum absolute atomic E-state index is 0.205. The molecule has 18 bridgehead atoms. The lowest BCUT2D eigenvalue weighted by Gasteiger charge is -2.19. The van der Waals surface area contributed by atoms with Gasteiger partial charge in [-0.1, -0.05) is 0 Å². The topological polar surface area (TPSA) is 292 Å². The highest BCUT2D eigenvalue weighted by atomic mass is 16.7. The molecule has 0 saturated carbocycles. The highest BCUT2D eigenvalue weighted by Gasteiger charge is 2.54. The summed E-state index contributed by atoms with van der Waals surface area (Å²) >= 11 is 0. The minimum Gasteiger partial charge on any atom is -0.465 e. The molecule has 7 aliphatic heterocycles. The third kappa shape index (κ3) is 9.23. The molecule has 12 atom stereocenters. The van der Waals surface area contributed by atoms with Crippen LogP contribution in [-0.2, 0) is 71.1 Å². The molecule has 378 valence electrons. The largest absolute Gasteiger partial charge is 0.465 e. The Morgan fingerprint density at radius 3 is 0.639 bits per heavy atom. The highest BCUT2D eigenvalue weighted by Crippen LogP contribution is 2.35. The van der Waals surface area contributed by atoms with E-state index in [2.05, 4.69) is 0 Å². The monoisotopic (exact) mass is 1000 g/mol. The summed E-state index contributed by atoms with van der Waals surface area (Å²) in [7, 11) is 3.30. The van der Waals surface area contributed by atoms with Crippen molar-refractivity contribution in [3.05, 3.63) is 105 Å². The third-order valence-electron chi connectivity index (χ3n) is 12.9. The molecule has 0 spiro atoms. The Morgan fingerprint density at radius 2 is 0.486 bits per heavy atom. The summed E-state index contributed by atoms with van der Waals surface area (Å²) in [5, 5.41) is 0. The Labute approximate surface area is 406 Å². The summed E-state index contributed by atoms with van der Waals surface area (Å²) in [5.41, 5.74) is -2.15. The van der Waals surface area contributed by atoms with Crippen LogP contribution in [0.5, 0.6) is 0 Å². The molecule has 72 heavy (non-hydrogen) atoms. The van der Waals surface area contributed by atoms with Crippen molar-refractivity contribution in [1.29, 1.82) is 0 Å². The van der Waals surface area contributed by atoms with Crippen molar-refractivity contribution in [2.24, 2.45) is 0 Å². The van der Waals surface area contributed by atoms with Gasteiger partial charge in [0, 0.05) is 0 Å². The summed E-state index contributed by atoms with van der Waals surface area (Å²) in [6.45, 7) is -1.28. The van der Waals surface area contributed by atoms with Gasteiger partial charge in [0.15, 0.2) is 36.6 Å². The van der Waals surface area contributed by atoms with Gasteiger partial charge in [0.05, 0.1) is 111 Å². The smallest absolute Gasteiger partial charge is 0.338 e. The molecule has 3 aromatic rings. The number of methoxy groups -OCH3 is 3. The van der Waals surface area contributed by atoms with Gasteiger partial charge in [-0.3, -0.25) is 0 Å². The van der Waals surface area contributed by atoms with E-state index in [0.29, 0.717) is 0 Å². The van der Waals surface area contributed by atoms with Crippen molar-refractivity contribution in [3.8, 4) is 0 Å². The number of ether oxygens (including phenoxy) is 15. The highest BCUT2D eigenvalue weighted by molar-refractivity contribution is 6.03. The maximum absolute atomic E-state index is 13.7. The first-order valence-corrected chi connectivity index (χ1v) is 22.4. The first kappa shape index (κ1) is 48.3. The molecule has 6 fully saturated rings. The molecular weight excluding hydrogens is 961 g/mol. The van der Waals surface area contributed by atoms with Crippen LogP contribution >= 0.6 is 0 Å². The number of carbonyl (C=O) groups excluding carboxylic acids is 9. The predicted molar refractivity (Wildman–Crippen MR) is 227 cm³/mol. The Morgan fingerprint density at radius 1 is 0.319 bits per heavy atom. The van der Waals surface area contributed by atoms with E-state index in [1.54, 1.807) is 0 Å². The second-order valence-corrected chi connectivity index (χ2v) is 17.3. The lowest BCUT2D eigenvalue weighted by Crippen LogP contribution is -2.36. The van der Waals surface area contributed by atoms with E-state index in [-0.39, 0.29) is 89.7 Å². The number of benzene rings is 3. The van der Waals surface area contributed by atoms with E-state index >= 15 is 0 Å². The summed E-state index contributed by atoms with van der Waals surface area (Å²) in [4.78, 5) is 121. The van der Waals surface area contributed by atoms with Crippen LogP contribution in [0.3, 0.4) is 0 Å². The summed E-state index contributed by atoms with van der Waals surface area (Å²) in [6.07, 6.45) is -12.1. The van der Waals surface area contributed by atoms with E-state index in [1.807, 2.05) is 0 Å². The Balaban J connectivity index is 0.947. The number of fused-ring (bicyclic) bond motifs is 6. The van der Waals surface area contributed by atoms with E-state index in [9.17, 15) is 43.2 Å². The minimum atomic E-state index is -1.07. The zero-order valence-electron chi connectivity index (χ0n) is 38.2. The molecule has 0 aliphatic carbocycles. The number of carbonyl (C=O) groups is 9. The zero-order valence-corrected chi connectivity index (χ0v) is 38.2. The van der Waals surface area contributed by atoms with Gasteiger partial charge < -0.3 is 71.1 Å². The third-order valence-corrected chi connectivity index (χ3v) is 12.9. The molecule has 0 aromatic heterocycles. The molecule has 6 saturated heterocycles. The fourth-order valence-corrected chi connectivity index (χ4v) is 9.42. The van der Waals surface area contributed by atoms with Crippen molar-refractivity contribution in [1.82, 2.24) is 0 Å². The first-order valence-electron chi connectivity index (χ1n) is 22.4. The van der Waals surface area contributed by atoms with E-state index in [0.717, 1.165) is 75.9 Å². The molecule has 0 amide bonds. The lowest BCUT2D eigenvalue weighted by molar-refractivity contribution is -0.0289. The number of hydrogen-bond donors (Lipinski definition) is 0. The standard InChI is InChI=1S/C48H42O24/c1-58-40(49)19-4-22-10-23(5-19)44(53)68-29-14-62-37-31(16-64-35(29)37)70-46(55)25-7-21(42(51)60-3)9-27(12-25)48(57)72-33-18-66-38-32(17-65-39(33)38)71-47(56)26-8-20(41(50)59-2)6-24(11-26)45(54)69-30-15-63-34-28(67-43(22)52)13-61-36(30)34/h4-12,28-39H,13-18H2,1-3H3/t28-,29-,30+,31+,32-,33+,34-,35-,36-,37-,38-,39-/m1/s1. The maximum atomic E-state index is 13.7. The van der Waals surface area contributed by atoms with E-state index in [1.165, 1.54) is 0 Å². The Kier molecular flexibility index (Phi) is 13.2. The van der Waals surface area contributed by atoms with Gasteiger partial charge in [0.25, 0.3) is 0 Å². The van der Waals surface area contributed by atoms with Gasteiger partial charge in [-0.15, -0.1) is 0 Å². The quantitative estimate of drug-likeness (QED) is 0.261. The SMILES string of the molecule is COC(=O)c1cc2cc(c1)C(=O)O[C@H]1CO[C@H]3[C@@H]1OC[C@H]3OC(=O)c1cc(C(=O)OC)cc(c1)C(=O)O[C@@H]1CO[C@H]3[C@@H]1OC[C@@H]3OC(=O)c1cc(C(=O)OC)cc(c1)C(=O)O[C@@H]1CO[C@H]3[C@@H]1OC[C@@H]3OC2=O. The molecule has 10 rings (SSSR count). The molecule has 0 unspecified atom stereocenters. The van der Waals surface area contributed by atoms with Crippen LogP contribution in [0.4, 0.5) is 0 Å². The molecule has 7 heterocycles. The van der Waals surface area contributed by atoms with Gasteiger partial charge in [-0.05, 0) is 54.6 Å². The normalized spacial score (nSPS) is 31.0. The zero-order chi connectivity index (χ0) is 50.5. The lowest BCUT2D eigenvalue weighted by atomic mass is 10.0. The fourth-order valence-electron chi connectivity index (χ4n) is 9.42. The second-order valence-electron chi connectivity index (χ2n) is 17.3. The predicted octanol–water partition coefficient (Wildman–Crippen LogP) is 1.01. The molecule has 24 nitrogen and oxygen atoms in total. The summed E-state index contributed by atoms with van der Waals surface area (Å²) in [5.74, 6) is -8.69. The molecule has 3 aromatic carbocycles. The van der Waals surface area contributed by atoms with Crippen LogP contribution in [0.1, 0.15) is 93.2 Å². The van der Waals surface area contributed by atoms with Gasteiger partial charge in [-0.25, -0.2) is 43.2 Å². The van der Waals surface area contributed by atoms with Crippen molar-refractivity contribution >= 4 is 53.7 Å². The van der Waals surface area contributed by atoms with Gasteiger partial charge in [0.2, 0.25) is 0 Å². The first-order chi connectivity index (χ1) is 34.7. The van der Waals surface area contributed by atoms with Crippen molar-refractivity contribution in [2.45, 2.75) is 73.2 Å². The average molecular weight is 1000 g/mol. The molecule has 24 heteroatoms. The van der Waals surface area contributed by atoms with Crippen molar-refractivity contribution < 1.29 is 114 Å².